The summed E-state index contributed by atoms with van der Waals surface area (Å²) in [5.41, 5.74) is 2.66. The fourth-order valence-electron chi connectivity index (χ4n) is 3.36. The molecule has 0 fully saturated rings. The van der Waals surface area contributed by atoms with E-state index in [9.17, 15) is 13.2 Å². The maximum atomic E-state index is 13.1. The van der Waals surface area contributed by atoms with E-state index in [1.54, 1.807) is 17.9 Å². The minimum atomic E-state index is -4.39. The lowest BCUT2D eigenvalue weighted by molar-refractivity contribution is -0.137. The maximum Gasteiger partial charge on any atom is 0.416 e. The van der Waals surface area contributed by atoms with Gasteiger partial charge < -0.3 is 10.1 Å². The van der Waals surface area contributed by atoms with E-state index >= 15 is 0 Å². The summed E-state index contributed by atoms with van der Waals surface area (Å²) in [5, 5.41) is 7.87. The monoisotopic (exact) mass is 373 g/mol. The van der Waals surface area contributed by atoms with Gasteiger partial charge in [0.15, 0.2) is 0 Å². The summed E-state index contributed by atoms with van der Waals surface area (Å²) < 4.78 is 46.0. The summed E-state index contributed by atoms with van der Waals surface area (Å²) in [6.45, 7) is 0.747. The molecule has 0 radical (unpaired) electrons. The minimum Gasteiger partial charge on any atom is -0.497 e. The first-order valence-electron chi connectivity index (χ1n) is 8.61. The Kier molecular flexibility index (Phi) is 4.30. The second-order valence-electron chi connectivity index (χ2n) is 6.44. The summed E-state index contributed by atoms with van der Waals surface area (Å²) in [6, 6.07) is 13.0. The van der Waals surface area contributed by atoms with Crippen LogP contribution >= 0.6 is 0 Å². The van der Waals surface area contributed by atoms with Crippen molar-refractivity contribution in [1.82, 2.24) is 9.78 Å². The van der Waals surface area contributed by atoms with Crippen molar-refractivity contribution >= 4 is 5.82 Å². The van der Waals surface area contributed by atoms with E-state index in [1.165, 1.54) is 6.07 Å². The molecule has 140 valence electrons. The molecule has 0 unspecified atom stereocenters. The highest BCUT2D eigenvalue weighted by Gasteiger charge is 2.31. The Balaban J connectivity index is 1.73. The van der Waals surface area contributed by atoms with Crippen molar-refractivity contribution in [1.29, 1.82) is 0 Å². The molecule has 0 aliphatic carbocycles. The number of fused-ring (bicyclic) bond motifs is 1. The van der Waals surface area contributed by atoms with Crippen LogP contribution in [0.4, 0.5) is 19.0 Å². The number of alkyl halides is 3. The molecule has 27 heavy (non-hydrogen) atoms. The van der Waals surface area contributed by atoms with Crippen molar-refractivity contribution in [3.8, 4) is 11.4 Å². The number of nitrogens with one attached hydrogen (secondary N) is 1. The van der Waals surface area contributed by atoms with Crippen molar-refractivity contribution in [3.05, 3.63) is 70.9 Å². The largest absolute Gasteiger partial charge is 0.497 e. The number of anilines is 1. The molecule has 4 nitrogen and oxygen atoms in total. The fraction of sp³-hybridized carbons (Fsp3) is 0.250. The van der Waals surface area contributed by atoms with E-state index in [4.69, 9.17) is 4.74 Å². The van der Waals surface area contributed by atoms with E-state index in [-0.39, 0.29) is 0 Å². The van der Waals surface area contributed by atoms with Gasteiger partial charge in [-0.25, -0.2) is 4.68 Å². The predicted molar refractivity (Wildman–Crippen MR) is 96.6 cm³/mol. The van der Waals surface area contributed by atoms with Crippen LogP contribution in [0.2, 0.25) is 0 Å². The molecule has 7 heteroatoms. The summed E-state index contributed by atoms with van der Waals surface area (Å²) in [5.74, 6) is 1.53. The zero-order valence-electron chi connectivity index (χ0n) is 14.7. The molecule has 1 aromatic heterocycles. The Morgan fingerprint density at radius 1 is 1.15 bits per heavy atom. The first-order chi connectivity index (χ1) is 13.0. The second-order valence-corrected chi connectivity index (χ2v) is 6.44. The number of methoxy groups -OCH3 is 1. The summed E-state index contributed by atoms with van der Waals surface area (Å²) in [7, 11) is 1.61. The number of nitrogens with zero attached hydrogens (tertiary/aromatic N) is 2. The van der Waals surface area contributed by atoms with E-state index in [2.05, 4.69) is 10.4 Å². The van der Waals surface area contributed by atoms with Crippen LogP contribution in [0.25, 0.3) is 5.69 Å². The normalized spacial score (nSPS) is 13.3. The van der Waals surface area contributed by atoms with Crippen molar-refractivity contribution in [2.45, 2.75) is 19.0 Å². The molecule has 1 aliphatic heterocycles. The molecule has 2 heterocycles. The quantitative estimate of drug-likeness (QED) is 0.734. The Hall–Kier alpha value is -2.96. The molecule has 0 spiro atoms. The van der Waals surface area contributed by atoms with Crippen molar-refractivity contribution < 1.29 is 17.9 Å². The Morgan fingerprint density at radius 3 is 2.74 bits per heavy atom. The third-order valence-corrected chi connectivity index (χ3v) is 4.66. The van der Waals surface area contributed by atoms with Gasteiger partial charge in [0.05, 0.1) is 24.1 Å². The van der Waals surface area contributed by atoms with Crippen LogP contribution in [0.3, 0.4) is 0 Å². The predicted octanol–water partition coefficient (Wildman–Crippen LogP) is 4.46. The summed E-state index contributed by atoms with van der Waals surface area (Å²) >= 11 is 0. The highest BCUT2D eigenvalue weighted by molar-refractivity contribution is 5.58. The molecule has 0 atom stereocenters. The Labute approximate surface area is 154 Å². The van der Waals surface area contributed by atoms with Gasteiger partial charge in [0.2, 0.25) is 0 Å². The van der Waals surface area contributed by atoms with Gasteiger partial charge in [0, 0.05) is 18.5 Å². The first kappa shape index (κ1) is 17.5. The number of hydrogen-bond acceptors (Lipinski definition) is 3. The van der Waals surface area contributed by atoms with Crippen LogP contribution in [-0.4, -0.2) is 23.4 Å². The molecule has 0 amide bonds. The van der Waals surface area contributed by atoms with Gasteiger partial charge in [-0.2, -0.15) is 18.3 Å². The van der Waals surface area contributed by atoms with Gasteiger partial charge in [-0.1, -0.05) is 18.2 Å². The number of rotatable bonds is 4. The third-order valence-electron chi connectivity index (χ3n) is 4.66. The molecule has 1 aliphatic rings. The zero-order chi connectivity index (χ0) is 19.0. The highest BCUT2D eigenvalue weighted by atomic mass is 19.4. The van der Waals surface area contributed by atoms with Gasteiger partial charge >= 0.3 is 6.18 Å². The molecular weight excluding hydrogens is 355 g/mol. The van der Waals surface area contributed by atoms with E-state index in [0.29, 0.717) is 12.1 Å². The van der Waals surface area contributed by atoms with E-state index < -0.39 is 11.7 Å². The number of benzene rings is 2. The molecule has 1 N–H and O–H groups in total. The van der Waals surface area contributed by atoms with Gasteiger partial charge in [-0.15, -0.1) is 0 Å². The average molecular weight is 373 g/mol. The lowest BCUT2D eigenvalue weighted by Crippen LogP contribution is -2.08. The van der Waals surface area contributed by atoms with Crippen LogP contribution in [0.1, 0.15) is 22.4 Å². The standard InChI is InChI=1S/C20H18F3N3O/c1-27-16-7-2-4-13(10-16)11-18-17-8-9-24-19(17)26(25-18)15-6-3-5-14(12-15)20(21,22)23/h2-7,10,12,24H,8-9,11H2,1H3. The van der Waals surface area contributed by atoms with Gasteiger partial charge in [0.25, 0.3) is 0 Å². The van der Waals surface area contributed by atoms with Crippen LogP contribution in [0.15, 0.2) is 48.5 Å². The van der Waals surface area contributed by atoms with Crippen molar-refractivity contribution in [2.75, 3.05) is 19.0 Å². The van der Waals surface area contributed by atoms with Gasteiger partial charge in [-0.3, -0.25) is 0 Å². The van der Waals surface area contributed by atoms with E-state index in [0.717, 1.165) is 53.5 Å². The molecule has 3 aromatic rings. The summed E-state index contributed by atoms with van der Waals surface area (Å²) in [4.78, 5) is 0. The van der Waals surface area contributed by atoms with Crippen molar-refractivity contribution in [2.24, 2.45) is 0 Å². The molecule has 0 bridgehead atoms. The topological polar surface area (TPSA) is 39.1 Å². The molecule has 4 rings (SSSR count). The van der Waals surface area contributed by atoms with E-state index in [1.807, 2.05) is 24.3 Å². The van der Waals surface area contributed by atoms with Gasteiger partial charge in [0.1, 0.15) is 11.6 Å². The van der Waals surface area contributed by atoms with Crippen LogP contribution < -0.4 is 10.1 Å². The Bertz CT molecular complexity index is 979. The number of aromatic nitrogens is 2. The lowest BCUT2D eigenvalue weighted by atomic mass is 10.1. The smallest absolute Gasteiger partial charge is 0.416 e. The van der Waals surface area contributed by atoms with Crippen LogP contribution in [0.5, 0.6) is 5.75 Å². The first-order valence-corrected chi connectivity index (χ1v) is 8.61. The molecule has 0 saturated heterocycles. The van der Waals surface area contributed by atoms with Crippen LogP contribution in [-0.2, 0) is 19.0 Å². The zero-order valence-corrected chi connectivity index (χ0v) is 14.7. The molecular formula is C20H18F3N3O. The number of halogens is 3. The summed E-state index contributed by atoms with van der Waals surface area (Å²) in [6.07, 6.45) is -3.00. The van der Waals surface area contributed by atoms with Gasteiger partial charge in [-0.05, 0) is 42.3 Å². The van der Waals surface area contributed by atoms with Crippen molar-refractivity contribution in [3.63, 3.8) is 0 Å². The third kappa shape index (κ3) is 3.37. The SMILES string of the molecule is COc1cccc(Cc2nn(-c3cccc(C(F)(F)F)c3)c3c2CCN3)c1. The maximum absolute atomic E-state index is 13.1. The Morgan fingerprint density at radius 2 is 1.96 bits per heavy atom. The molecule has 2 aromatic carbocycles. The highest BCUT2D eigenvalue weighted by Crippen LogP contribution is 2.33. The molecule has 0 saturated carbocycles. The fourth-order valence-corrected chi connectivity index (χ4v) is 3.36. The number of hydrogen-bond donors (Lipinski definition) is 1. The number of ether oxygens (including phenoxy) is 1. The minimum absolute atomic E-state index is 0.396. The lowest BCUT2D eigenvalue weighted by Gasteiger charge is -2.10. The van der Waals surface area contributed by atoms with Crippen LogP contribution in [0, 0.1) is 0 Å². The average Bonchev–Trinajstić information content (AvgIpc) is 3.25. The second kappa shape index (κ2) is 6.64.